The Morgan fingerprint density at radius 3 is 2.25 bits per heavy atom. The highest BCUT2D eigenvalue weighted by Crippen LogP contribution is 2.16. The summed E-state index contributed by atoms with van der Waals surface area (Å²) in [5, 5.41) is 10.5. The summed E-state index contributed by atoms with van der Waals surface area (Å²) in [6.45, 7) is -0.102. The number of ether oxygens (including phenoxy) is 1. The second-order valence-electron chi connectivity index (χ2n) is 4.56. The van der Waals surface area contributed by atoms with Crippen LogP contribution in [0.15, 0.2) is 57.9 Å². The van der Waals surface area contributed by atoms with E-state index in [-0.39, 0.29) is 17.2 Å². The van der Waals surface area contributed by atoms with Gasteiger partial charge in [0.2, 0.25) is 0 Å². The number of sulfonamides is 1. The van der Waals surface area contributed by atoms with Crippen LogP contribution in [0.4, 0.5) is 10.5 Å². The molecule has 2 rings (SSSR count). The molecular formula is C14H11BrN2O6S. The molecule has 0 aliphatic heterocycles. The van der Waals surface area contributed by atoms with Crippen LogP contribution in [0.25, 0.3) is 0 Å². The van der Waals surface area contributed by atoms with Gasteiger partial charge in [-0.2, -0.15) is 0 Å². The molecule has 24 heavy (non-hydrogen) atoms. The maximum Gasteiger partial charge on any atom is 0.421 e. The molecule has 0 saturated heterocycles. The number of halogens is 1. The first kappa shape index (κ1) is 17.9. The Morgan fingerprint density at radius 1 is 1.12 bits per heavy atom. The van der Waals surface area contributed by atoms with Crippen molar-refractivity contribution >= 4 is 37.7 Å². The SMILES string of the molecule is O=C(NS(=O)(=O)c1ccc([N+](=O)[O-])cc1)OCc1ccc(Br)cc1. The summed E-state index contributed by atoms with van der Waals surface area (Å²) in [4.78, 5) is 21.2. The fourth-order valence-electron chi connectivity index (χ4n) is 1.67. The van der Waals surface area contributed by atoms with Crippen molar-refractivity contribution in [3.8, 4) is 0 Å². The molecule has 10 heteroatoms. The van der Waals surface area contributed by atoms with E-state index in [1.54, 1.807) is 29.0 Å². The summed E-state index contributed by atoms with van der Waals surface area (Å²) >= 11 is 3.26. The van der Waals surface area contributed by atoms with Crippen molar-refractivity contribution in [2.45, 2.75) is 11.5 Å². The fourth-order valence-corrected chi connectivity index (χ4v) is 2.83. The molecule has 1 N–H and O–H groups in total. The summed E-state index contributed by atoms with van der Waals surface area (Å²) in [5.74, 6) is 0. The number of amides is 1. The standard InChI is InChI=1S/C14H11BrN2O6S/c15-11-3-1-10(2-4-11)9-23-14(18)16-24(21,22)13-7-5-12(6-8-13)17(19)20/h1-8H,9H2,(H,16,18). The van der Waals surface area contributed by atoms with Gasteiger partial charge in [0.25, 0.3) is 15.7 Å². The molecule has 0 aliphatic carbocycles. The van der Waals surface area contributed by atoms with Crippen molar-refractivity contribution in [1.29, 1.82) is 0 Å². The van der Waals surface area contributed by atoms with Crippen molar-refractivity contribution in [1.82, 2.24) is 4.72 Å². The van der Waals surface area contributed by atoms with Gasteiger partial charge in [-0.05, 0) is 29.8 Å². The van der Waals surface area contributed by atoms with E-state index in [9.17, 15) is 23.3 Å². The minimum atomic E-state index is -4.17. The van der Waals surface area contributed by atoms with Gasteiger partial charge < -0.3 is 4.74 Å². The predicted octanol–water partition coefficient (Wildman–Crippen LogP) is 2.97. The first-order chi connectivity index (χ1) is 11.3. The Balaban J connectivity index is 1.98. The van der Waals surface area contributed by atoms with Crippen molar-refractivity contribution in [2.75, 3.05) is 0 Å². The maximum absolute atomic E-state index is 12.0. The summed E-state index contributed by atoms with van der Waals surface area (Å²) < 4.78 is 31.4. The number of hydrogen-bond donors (Lipinski definition) is 1. The Hall–Kier alpha value is -2.46. The third-order valence-electron chi connectivity index (χ3n) is 2.86. The molecule has 126 valence electrons. The van der Waals surface area contributed by atoms with Crippen LogP contribution in [-0.2, 0) is 21.4 Å². The van der Waals surface area contributed by atoms with E-state index in [2.05, 4.69) is 15.9 Å². The van der Waals surface area contributed by atoms with Crippen LogP contribution < -0.4 is 4.72 Å². The van der Waals surface area contributed by atoms with Crippen molar-refractivity contribution in [3.05, 3.63) is 68.7 Å². The topological polar surface area (TPSA) is 116 Å². The largest absolute Gasteiger partial charge is 0.444 e. The van der Waals surface area contributed by atoms with E-state index in [0.29, 0.717) is 5.56 Å². The molecule has 1 amide bonds. The van der Waals surface area contributed by atoms with Crippen LogP contribution in [0.2, 0.25) is 0 Å². The third kappa shape index (κ3) is 4.77. The number of nitro benzene ring substituents is 1. The van der Waals surface area contributed by atoms with E-state index in [1.807, 2.05) is 0 Å². The number of nitrogens with one attached hydrogen (secondary N) is 1. The molecule has 0 saturated carbocycles. The summed E-state index contributed by atoms with van der Waals surface area (Å²) in [6, 6.07) is 11.0. The lowest BCUT2D eigenvalue weighted by Crippen LogP contribution is -2.31. The minimum Gasteiger partial charge on any atom is -0.444 e. The van der Waals surface area contributed by atoms with Gasteiger partial charge in [-0.1, -0.05) is 28.1 Å². The van der Waals surface area contributed by atoms with Crippen LogP contribution in [-0.4, -0.2) is 19.4 Å². The molecule has 0 spiro atoms. The Labute approximate surface area is 145 Å². The minimum absolute atomic E-state index is 0.102. The van der Waals surface area contributed by atoms with Gasteiger partial charge in [0, 0.05) is 16.6 Å². The molecule has 0 heterocycles. The Bertz CT molecular complexity index is 850. The van der Waals surface area contributed by atoms with Gasteiger partial charge >= 0.3 is 6.09 Å². The lowest BCUT2D eigenvalue weighted by atomic mass is 10.2. The van der Waals surface area contributed by atoms with Crippen LogP contribution >= 0.6 is 15.9 Å². The molecule has 8 nitrogen and oxygen atoms in total. The zero-order chi connectivity index (χ0) is 17.7. The molecule has 0 aromatic heterocycles. The normalized spacial score (nSPS) is 10.9. The van der Waals surface area contributed by atoms with Gasteiger partial charge in [-0.15, -0.1) is 0 Å². The van der Waals surface area contributed by atoms with E-state index in [1.165, 1.54) is 0 Å². The molecular weight excluding hydrogens is 404 g/mol. The monoisotopic (exact) mass is 414 g/mol. The van der Waals surface area contributed by atoms with Crippen LogP contribution in [0, 0.1) is 10.1 Å². The summed E-state index contributed by atoms with van der Waals surface area (Å²) in [5.41, 5.74) is 0.424. The molecule has 2 aromatic carbocycles. The van der Waals surface area contributed by atoms with Crippen molar-refractivity contribution in [2.24, 2.45) is 0 Å². The number of nitrogens with zero attached hydrogens (tertiary/aromatic N) is 1. The quantitative estimate of drug-likeness (QED) is 0.593. The lowest BCUT2D eigenvalue weighted by Gasteiger charge is -2.08. The van der Waals surface area contributed by atoms with Crippen LogP contribution in [0.5, 0.6) is 0 Å². The van der Waals surface area contributed by atoms with E-state index < -0.39 is 21.0 Å². The Kier molecular flexibility index (Phi) is 5.52. The van der Waals surface area contributed by atoms with Gasteiger partial charge in [0.1, 0.15) is 6.61 Å². The van der Waals surface area contributed by atoms with Crippen LogP contribution in [0.3, 0.4) is 0 Å². The fraction of sp³-hybridized carbons (Fsp3) is 0.0714. The zero-order valence-corrected chi connectivity index (χ0v) is 14.4. The van der Waals surface area contributed by atoms with Gasteiger partial charge in [0.15, 0.2) is 0 Å². The molecule has 0 atom stereocenters. The van der Waals surface area contributed by atoms with Crippen molar-refractivity contribution in [3.63, 3.8) is 0 Å². The average Bonchev–Trinajstić information content (AvgIpc) is 2.54. The van der Waals surface area contributed by atoms with E-state index in [4.69, 9.17) is 4.74 Å². The highest BCUT2D eigenvalue weighted by atomic mass is 79.9. The van der Waals surface area contributed by atoms with Gasteiger partial charge in [0.05, 0.1) is 9.82 Å². The summed E-state index contributed by atoms with van der Waals surface area (Å²) in [6.07, 6.45) is -1.14. The number of carbonyl (C=O) groups is 1. The first-order valence-electron chi connectivity index (χ1n) is 6.46. The third-order valence-corrected chi connectivity index (χ3v) is 4.72. The second-order valence-corrected chi connectivity index (χ2v) is 7.16. The number of non-ortho nitro benzene ring substituents is 1. The molecule has 0 aliphatic rings. The molecule has 2 aromatic rings. The molecule has 0 fully saturated rings. The summed E-state index contributed by atoms with van der Waals surface area (Å²) in [7, 11) is -4.17. The molecule has 0 unspecified atom stereocenters. The number of benzene rings is 2. The first-order valence-corrected chi connectivity index (χ1v) is 8.74. The number of carbonyl (C=O) groups excluding carboxylic acids is 1. The zero-order valence-electron chi connectivity index (χ0n) is 12.0. The second kappa shape index (κ2) is 7.41. The van der Waals surface area contributed by atoms with E-state index in [0.717, 1.165) is 28.7 Å². The number of rotatable bonds is 5. The van der Waals surface area contributed by atoms with Crippen LogP contribution in [0.1, 0.15) is 5.56 Å². The Morgan fingerprint density at radius 2 is 1.71 bits per heavy atom. The highest BCUT2D eigenvalue weighted by Gasteiger charge is 2.19. The number of nitro groups is 1. The molecule has 0 radical (unpaired) electrons. The maximum atomic E-state index is 12.0. The lowest BCUT2D eigenvalue weighted by molar-refractivity contribution is -0.384. The number of hydrogen-bond acceptors (Lipinski definition) is 6. The average molecular weight is 415 g/mol. The predicted molar refractivity (Wildman–Crippen MR) is 87.7 cm³/mol. The molecule has 0 bridgehead atoms. The van der Waals surface area contributed by atoms with E-state index >= 15 is 0 Å². The van der Waals surface area contributed by atoms with Gasteiger partial charge in [-0.25, -0.2) is 17.9 Å². The smallest absolute Gasteiger partial charge is 0.421 e. The van der Waals surface area contributed by atoms with Crippen molar-refractivity contribution < 1.29 is 22.9 Å². The van der Waals surface area contributed by atoms with Gasteiger partial charge in [-0.3, -0.25) is 10.1 Å². The highest BCUT2D eigenvalue weighted by molar-refractivity contribution is 9.10.